The molecular weight excluding hydrogens is 314 g/mol. The van der Waals surface area contributed by atoms with Gasteiger partial charge in [0.1, 0.15) is 0 Å². The molecular formula is C20H29N3O2. The minimum atomic E-state index is 0.0993. The highest BCUT2D eigenvalue weighted by Crippen LogP contribution is 2.13. The van der Waals surface area contributed by atoms with Crippen molar-refractivity contribution in [3.8, 4) is 0 Å². The molecule has 25 heavy (non-hydrogen) atoms. The maximum Gasteiger partial charge on any atom is 0.253 e. The van der Waals surface area contributed by atoms with Gasteiger partial charge in [-0.2, -0.15) is 0 Å². The van der Waals surface area contributed by atoms with E-state index < -0.39 is 0 Å². The number of amides is 2. The predicted molar refractivity (Wildman–Crippen MR) is 98.6 cm³/mol. The molecule has 2 heterocycles. The fourth-order valence-corrected chi connectivity index (χ4v) is 3.68. The van der Waals surface area contributed by atoms with Crippen LogP contribution in [0.1, 0.15) is 41.6 Å². The lowest BCUT2D eigenvalue weighted by Gasteiger charge is -2.35. The van der Waals surface area contributed by atoms with E-state index in [4.69, 9.17) is 0 Å². The Hall–Kier alpha value is -1.88. The average Bonchev–Trinajstić information content (AvgIpc) is 2.91. The fraction of sp³-hybridized carbons (Fsp3) is 0.600. The molecule has 0 N–H and O–H groups in total. The molecule has 0 aromatic heterocycles. The lowest BCUT2D eigenvalue weighted by Crippen LogP contribution is -2.51. The van der Waals surface area contributed by atoms with Gasteiger partial charge in [-0.1, -0.05) is 30.5 Å². The Morgan fingerprint density at radius 1 is 0.880 bits per heavy atom. The molecule has 1 aromatic rings. The van der Waals surface area contributed by atoms with Gasteiger partial charge in [0.25, 0.3) is 5.91 Å². The van der Waals surface area contributed by atoms with Crippen molar-refractivity contribution in [1.29, 1.82) is 0 Å². The number of piperazine rings is 1. The number of hydrogen-bond donors (Lipinski definition) is 0. The molecule has 5 nitrogen and oxygen atoms in total. The highest BCUT2D eigenvalue weighted by Gasteiger charge is 2.25. The van der Waals surface area contributed by atoms with Crippen LogP contribution in [0.2, 0.25) is 0 Å². The first-order valence-corrected chi connectivity index (χ1v) is 9.49. The van der Waals surface area contributed by atoms with E-state index in [0.29, 0.717) is 19.6 Å². The van der Waals surface area contributed by atoms with Gasteiger partial charge in [0.05, 0.1) is 6.54 Å². The summed E-state index contributed by atoms with van der Waals surface area (Å²) < 4.78 is 0. The molecule has 5 heteroatoms. The van der Waals surface area contributed by atoms with Crippen molar-refractivity contribution in [3.05, 3.63) is 35.4 Å². The molecule has 2 aliphatic heterocycles. The normalized spacial score (nSPS) is 19.6. The number of nitrogens with zero attached hydrogens (tertiary/aromatic N) is 3. The van der Waals surface area contributed by atoms with E-state index in [1.54, 1.807) is 0 Å². The second kappa shape index (κ2) is 8.48. The summed E-state index contributed by atoms with van der Waals surface area (Å²) in [5, 5.41) is 0. The molecule has 2 fully saturated rings. The topological polar surface area (TPSA) is 43.9 Å². The Balaban J connectivity index is 1.48. The molecule has 0 aliphatic carbocycles. The molecule has 0 bridgehead atoms. The number of hydrogen-bond acceptors (Lipinski definition) is 3. The lowest BCUT2D eigenvalue weighted by atomic mass is 10.1. The molecule has 0 spiro atoms. The van der Waals surface area contributed by atoms with Crippen LogP contribution in [0, 0.1) is 6.92 Å². The third kappa shape index (κ3) is 4.82. The SMILES string of the molecule is Cc1cccc(C(=O)N2CCN(CC(=O)N3CCCCCC3)CC2)c1. The van der Waals surface area contributed by atoms with E-state index in [9.17, 15) is 9.59 Å². The van der Waals surface area contributed by atoms with Crippen molar-refractivity contribution in [2.24, 2.45) is 0 Å². The second-order valence-electron chi connectivity index (χ2n) is 7.23. The van der Waals surface area contributed by atoms with Gasteiger partial charge in [-0.05, 0) is 31.9 Å². The van der Waals surface area contributed by atoms with Crippen molar-refractivity contribution in [2.45, 2.75) is 32.6 Å². The van der Waals surface area contributed by atoms with Gasteiger partial charge in [0.15, 0.2) is 0 Å². The van der Waals surface area contributed by atoms with Gasteiger partial charge in [-0.25, -0.2) is 0 Å². The van der Waals surface area contributed by atoms with Crippen molar-refractivity contribution < 1.29 is 9.59 Å². The summed E-state index contributed by atoms with van der Waals surface area (Å²) in [6, 6.07) is 7.75. The number of carbonyl (C=O) groups is 2. The third-order valence-electron chi connectivity index (χ3n) is 5.24. The first-order valence-electron chi connectivity index (χ1n) is 9.49. The van der Waals surface area contributed by atoms with Crippen LogP contribution in [0.3, 0.4) is 0 Å². The summed E-state index contributed by atoms with van der Waals surface area (Å²) in [6.07, 6.45) is 4.74. The molecule has 136 valence electrons. The zero-order chi connectivity index (χ0) is 17.6. The first-order chi connectivity index (χ1) is 12.1. The summed E-state index contributed by atoms with van der Waals surface area (Å²) in [5.41, 5.74) is 1.86. The standard InChI is InChI=1S/C20H29N3O2/c1-17-7-6-8-18(15-17)20(25)23-13-11-21(12-14-23)16-19(24)22-9-4-2-3-5-10-22/h6-8,15H,2-5,9-14,16H2,1H3. The Labute approximate surface area is 150 Å². The molecule has 2 aliphatic rings. The Morgan fingerprint density at radius 3 is 2.20 bits per heavy atom. The lowest BCUT2D eigenvalue weighted by molar-refractivity contribution is -0.132. The molecule has 0 atom stereocenters. The zero-order valence-electron chi connectivity index (χ0n) is 15.2. The number of likely N-dealkylation sites (tertiary alicyclic amines) is 1. The summed E-state index contributed by atoms with van der Waals surface area (Å²) in [4.78, 5) is 31.2. The largest absolute Gasteiger partial charge is 0.342 e. The van der Waals surface area contributed by atoms with Crippen molar-refractivity contribution in [3.63, 3.8) is 0 Å². The maximum absolute atomic E-state index is 12.6. The van der Waals surface area contributed by atoms with Crippen LogP contribution in [0.15, 0.2) is 24.3 Å². The van der Waals surface area contributed by atoms with Gasteiger partial charge in [0.2, 0.25) is 5.91 Å². The number of benzene rings is 1. The molecule has 3 rings (SSSR count). The van der Waals surface area contributed by atoms with E-state index >= 15 is 0 Å². The minimum absolute atomic E-state index is 0.0993. The summed E-state index contributed by atoms with van der Waals surface area (Å²) >= 11 is 0. The monoisotopic (exact) mass is 343 g/mol. The summed E-state index contributed by atoms with van der Waals surface area (Å²) in [5.74, 6) is 0.350. The Bertz CT molecular complexity index is 601. The summed E-state index contributed by atoms with van der Waals surface area (Å²) in [6.45, 7) is 7.25. The van der Waals surface area contributed by atoms with Gasteiger partial charge in [-0.3, -0.25) is 14.5 Å². The molecule has 1 aromatic carbocycles. The Morgan fingerprint density at radius 2 is 1.56 bits per heavy atom. The molecule has 0 unspecified atom stereocenters. The Kier molecular flexibility index (Phi) is 6.08. The zero-order valence-corrected chi connectivity index (χ0v) is 15.2. The predicted octanol–water partition coefficient (Wildman–Crippen LogP) is 2.16. The third-order valence-corrected chi connectivity index (χ3v) is 5.24. The smallest absolute Gasteiger partial charge is 0.253 e. The second-order valence-corrected chi connectivity index (χ2v) is 7.23. The molecule has 2 amide bonds. The quantitative estimate of drug-likeness (QED) is 0.845. The number of rotatable bonds is 3. The number of aryl methyl sites for hydroxylation is 1. The van der Waals surface area contributed by atoms with E-state index in [0.717, 1.165) is 50.1 Å². The number of carbonyl (C=O) groups excluding carboxylic acids is 2. The molecule has 0 saturated carbocycles. The fourth-order valence-electron chi connectivity index (χ4n) is 3.68. The van der Waals surface area contributed by atoms with Crippen molar-refractivity contribution in [1.82, 2.24) is 14.7 Å². The molecule has 0 radical (unpaired) electrons. The maximum atomic E-state index is 12.6. The average molecular weight is 343 g/mol. The molecule has 2 saturated heterocycles. The van der Waals surface area contributed by atoms with E-state index in [1.165, 1.54) is 12.8 Å². The van der Waals surface area contributed by atoms with Crippen molar-refractivity contribution in [2.75, 3.05) is 45.8 Å². The van der Waals surface area contributed by atoms with Gasteiger partial charge >= 0.3 is 0 Å². The van der Waals surface area contributed by atoms with Gasteiger partial charge < -0.3 is 9.80 Å². The van der Waals surface area contributed by atoms with Crippen LogP contribution in [0.5, 0.6) is 0 Å². The highest BCUT2D eigenvalue weighted by molar-refractivity contribution is 5.94. The van der Waals surface area contributed by atoms with Crippen LogP contribution in [-0.2, 0) is 4.79 Å². The van der Waals surface area contributed by atoms with Crippen molar-refractivity contribution >= 4 is 11.8 Å². The van der Waals surface area contributed by atoms with E-state index in [2.05, 4.69) is 4.90 Å². The van der Waals surface area contributed by atoms with E-state index in [1.807, 2.05) is 41.0 Å². The summed E-state index contributed by atoms with van der Waals surface area (Å²) in [7, 11) is 0. The van der Waals surface area contributed by atoms with Crippen LogP contribution in [0.25, 0.3) is 0 Å². The van der Waals surface area contributed by atoms with E-state index in [-0.39, 0.29) is 11.8 Å². The van der Waals surface area contributed by atoms with Crippen LogP contribution < -0.4 is 0 Å². The minimum Gasteiger partial charge on any atom is -0.342 e. The first kappa shape index (κ1) is 17.9. The highest BCUT2D eigenvalue weighted by atomic mass is 16.2. The van der Waals surface area contributed by atoms with Gasteiger partial charge in [-0.15, -0.1) is 0 Å². The van der Waals surface area contributed by atoms with Crippen LogP contribution in [-0.4, -0.2) is 72.3 Å². The van der Waals surface area contributed by atoms with Gasteiger partial charge in [0, 0.05) is 44.8 Å². The van der Waals surface area contributed by atoms with Crippen LogP contribution >= 0.6 is 0 Å². The van der Waals surface area contributed by atoms with Crippen LogP contribution in [0.4, 0.5) is 0 Å².